The Hall–Kier alpha value is -2.51. The SMILES string of the molecule is N#CC1=C(N)OC2=C(CCc3ccccc32)C1c1ccsc1. The number of allylic oxidation sites excluding steroid dienone is 2. The van der Waals surface area contributed by atoms with E-state index in [1.54, 1.807) is 11.3 Å². The van der Waals surface area contributed by atoms with E-state index >= 15 is 0 Å². The van der Waals surface area contributed by atoms with Crippen molar-refractivity contribution in [3.05, 3.63) is 74.8 Å². The average molecular weight is 306 g/mol. The molecule has 0 spiro atoms. The van der Waals surface area contributed by atoms with Gasteiger partial charge in [0.25, 0.3) is 0 Å². The van der Waals surface area contributed by atoms with Crippen LogP contribution < -0.4 is 5.73 Å². The molecule has 0 bridgehead atoms. The molecule has 2 aliphatic rings. The maximum Gasteiger partial charge on any atom is 0.205 e. The van der Waals surface area contributed by atoms with Gasteiger partial charge in [-0.15, -0.1) is 0 Å². The zero-order chi connectivity index (χ0) is 15.1. The minimum atomic E-state index is -0.0756. The molecule has 2 aromatic rings. The fraction of sp³-hybridized carbons (Fsp3) is 0.167. The summed E-state index contributed by atoms with van der Waals surface area (Å²) in [4.78, 5) is 0. The summed E-state index contributed by atoms with van der Waals surface area (Å²) >= 11 is 1.64. The van der Waals surface area contributed by atoms with Gasteiger partial charge in [0.15, 0.2) is 0 Å². The van der Waals surface area contributed by atoms with Gasteiger partial charge in [-0.3, -0.25) is 0 Å². The van der Waals surface area contributed by atoms with Crippen molar-refractivity contribution in [1.82, 2.24) is 0 Å². The van der Waals surface area contributed by atoms with Crippen LogP contribution in [0.4, 0.5) is 0 Å². The summed E-state index contributed by atoms with van der Waals surface area (Å²) in [6.07, 6.45) is 1.86. The molecule has 0 saturated carbocycles. The molecule has 1 unspecified atom stereocenters. The molecule has 1 aliphatic carbocycles. The number of benzene rings is 1. The number of nitrogens with two attached hydrogens (primary N) is 1. The van der Waals surface area contributed by atoms with E-state index in [0.29, 0.717) is 5.57 Å². The van der Waals surface area contributed by atoms with Crippen LogP contribution in [-0.2, 0) is 11.2 Å². The minimum Gasteiger partial charge on any atom is -0.440 e. The molecule has 4 heteroatoms. The van der Waals surface area contributed by atoms with Crippen molar-refractivity contribution in [2.75, 3.05) is 0 Å². The van der Waals surface area contributed by atoms with Crippen LogP contribution in [0, 0.1) is 11.3 Å². The number of rotatable bonds is 1. The quantitative estimate of drug-likeness (QED) is 0.869. The number of nitrogens with zero attached hydrogens (tertiary/aromatic N) is 1. The van der Waals surface area contributed by atoms with E-state index in [2.05, 4.69) is 29.6 Å². The lowest BCUT2D eigenvalue weighted by atomic mass is 9.77. The van der Waals surface area contributed by atoms with Gasteiger partial charge in [-0.05, 0) is 46.4 Å². The summed E-state index contributed by atoms with van der Waals surface area (Å²) < 4.78 is 5.87. The van der Waals surface area contributed by atoms with Crippen molar-refractivity contribution in [3.63, 3.8) is 0 Å². The lowest BCUT2D eigenvalue weighted by molar-refractivity contribution is 0.350. The van der Waals surface area contributed by atoms with E-state index in [0.717, 1.165) is 29.7 Å². The fourth-order valence-electron chi connectivity index (χ4n) is 3.32. The summed E-state index contributed by atoms with van der Waals surface area (Å²) in [5.41, 5.74) is 11.3. The van der Waals surface area contributed by atoms with Crippen molar-refractivity contribution in [2.45, 2.75) is 18.8 Å². The third-order valence-corrected chi connectivity index (χ3v) is 5.03. The number of nitriles is 1. The van der Waals surface area contributed by atoms with Crippen molar-refractivity contribution >= 4 is 17.1 Å². The minimum absolute atomic E-state index is 0.0756. The summed E-state index contributed by atoms with van der Waals surface area (Å²) in [5.74, 6) is 0.997. The largest absolute Gasteiger partial charge is 0.440 e. The number of thiophene rings is 1. The molecular formula is C18H14N2OS. The van der Waals surface area contributed by atoms with Crippen molar-refractivity contribution in [1.29, 1.82) is 5.26 Å². The smallest absolute Gasteiger partial charge is 0.205 e. The van der Waals surface area contributed by atoms with Crippen LogP contribution in [0.15, 0.2) is 58.1 Å². The van der Waals surface area contributed by atoms with Crippen LogP contribution in [0.3, 0.4) is 0 Å². The Labute approximate surface area is 133 Å². The van der Waals surface area contributed by atoms with E-state index in [1.807, 2.05) is 17.5 Å². The Kier molecular flexibility index (Phi) is 3.02. The fourth-order valence-corrected chi connectivity index (χ4v) is 4.01. The Morgan fingerprint density at radius 3 is 2.86 bits per heavy atom. The summed E-state index contributed by atoms with van der Waals surface area (Å²) in [5, 5.41) is 13.7. The predicted molar refractivity (Wildman–Crippen MR) is 86.7 cm³/mol. The molecule has 2 N–H and O–H groups in total. The van der Waals surface area contributed by atoms with E-state index in [4.69, 9.17) is 10.5 Å². The van der Waals surface area contributed by atoms with E-state index < -0.39 is 0 Å². The lowest BCUT2D eigenvalue weighted by Gasteiger charge is -2.32. The molecule has 0 amide bonds. The molecule has 0 saturated heterocycles. The Morgan fingerprint density at radius 1 is 1.23 bits per heavy atom. The molecule has 4 rings (SSSR count). The van der Waals surface area contributed by atoms with Crippen LogP contribution >= 0.6 is 11.3 Å². The van der Waals surface area contributed by atoms with Gasteiger partial charge in [0.1, 0.15) is 17.4 Å². The van der Waals surface area contributed by atoms with Gasteiger partial charge in [0, 0.05) is 5.56 Å². The second-order valence-electron chi connectivity index (χ2n) is 5.49. The van der Waals surface area contributed by atoms with Gasteiger partial charge in [-0.25, -0.2) is 0 Å². The van der Waals surface area contributed by atoms with E-state index in [-0.39, 0.29) is 11.8 Å². The Bertz CT molecular complexity index is 840. The number of ether oxygens (including phenoxy) is 1. The first-order chi connectivity index (χ1) is 10.8. The number of fused-ring (bicyclic) bond motifs is 2. The van der Waals surface area contributed by atoms with Gasteiger partial charge < -0.3 is 10.5 Å². The predicted octanol–water partition coefficient (Wildman–Crippen LogP) is 3.91. The van der Waals surface area contributed by atoms with Crippen molar-refractivity contribution < 1.29 is 4.74 Å². The molecule has 108 valence electrons. The molecule has 22 heavy (non-hydrogen) atoms. The first kappa shape index (κ1) is 13.2. The molecule has 1 aliphatic heterocycles. The maximum atomic E-state index is 9.53. The number of hydrogen-bond donors (Lipinski definition) is 1. The molecule has 2 heterocycles. The second kappa shape index (κ2) is 5.04. The average Bonchev–Trinajstić information content (AvgIpc) is 3.07. The van der Waals surface area contributed by atoms with Crippen LogP contribution in [0.25, 0.3) is 5.76 Å². The second-order valence-corrected chi connectivity index (χ2v) is 6.27. The third kappa shape index (κ3) is 1.87. The highest BCUT2D eigenvalue weighted by Gasteiger charge is 2.35. The topological polar surface area (TPSA) is 59.0 Å². The Morgan fingerprint density at radius 2 is 2.09 bits per heavy atom. The highest BCUT2D eigenvalue weighted by molar-refractivity contribution is 7.08. The van der Waals surface area contributed by atoms with Crippen molar-refractivity contribution in [3.8, 4) is 6.07 Å². The lowest BCUT2D eigenvalue weighted by Crippen LogP contribution is -2.23. The first-order valence-electron chi connectivity index (χ1n) is 7.20. The molecular weight excluding hydrogens is 292 g/mol. The number of hydrogen-bond acceptors (Lipinski definition) is 4. The van der Waals surface area contributed by atoms with Crippen LogP contribution in [0.1, 0.15) is 29.0 Å². The zero-order valence-corrected chi connectivity index (χ0v) is 12.7. The summed E-state index contributed by atoms with van der Waals surface area (Å²) in [7, 11) is 0. The van der Waals surface area contributed by atoms with Gasteiger partial charge in [-0.2, -0.15) is 16.6 Å². The van der Waals surface area contributed by atoms with E-state index in [1.165, 1.54) is 11.1 Å². The Balaban J connectivity index is 1.93. The zero-order valence-electron chi connectivity index (χ0n) is 11.9. The van der Waals surface area contributed by atoms with Gasteiger partial charge >= 0.3 is 0 Å². The normalized spacial score (nSPS) is 20.0. The molecule has 1 aromatic heterocycles. The first-order valence-corrected chi connectivity index (χ1v) is 8.15. The monoisotopic (exact) mass is 306 g/mol. The van der Waals surface area contributed by atoms with E-state index in [9.17, 15) is 5.26 Å². The standard InChI is InChI=1S/C18H14N2OS/c19-9-15-16(12-7-8-22-10-12)14-6-5-11-3-1-2-4-13(11)17(14)21-18(15)20/h1-4,7-8,10,16H,5-6,20H2. The highest BCUT2D eigenvalue weighted by atomic mass is 32.1. The van der Waals surface area contributed by atoms with Crippen molar-refractivity contribution in [2.24, 2.45) is 5.73 Å². The van der Waals surface area contributed by atoms with Crippen LogP contribution in [0.2, 0.25) is 0 Å². The van der Waals surface area contributed by atoms with Crippen LogP contribution in [-0.4, -0.2) is 0 Å². The molecule has 1 aromatic carbocycles. The summed E-state index contributed by atoms with van der Waals surface area (Å²) in [6, 6.07) is 12.6. The highest BCUT2D eigenvalue weighted by Crippen LogP contribution is 2.47. The third-order valence-electron chi connectivity index (χ3n) is 4.33. The summed E-state index contributed by atoms with van der Waals surface area (Å²) in [6.45, 7) is 0. The molecule has 3 nitrogen and oxygen atoms in total. The number of aryl methyl sites for hydroxylation is 1. The van der Waals surface area contributed by atoms with Gasteiger partial charge in [-0.1, -0.05) is 24.3 Å². The molecule has 0 radical (unpaired) electrons. The molecule has 0 fully saturated rings. The molecule has 1 atom stereocenters. The van der Waals surface area contributed by atoms with Crippen LogP contribution in [0.5, 0.6) is 0 Å². The maximum absolute atomic E-state index is 9.53. The van der Waals surface area contributed by atoms with Gasteiger partial charge in [0.2, 0.25) is 5.88 Å². The van der Waals surface area contributed by atoms with Gasteiger partial charge in [0.05, 0.1) is 5.92 Å².